The van der Waals surface area contributed by atoms with Crippen LogP contribution in [-0.4, -0.2) is 18.2 Å². The maximum Gasteiger partial charge on any atom is 0.237 e. The fourth-order valence-electron chi connectivity index (χ4n) is 5.53. The Bertz CT molecular complexity index is 1300. The Morgan fingerprint density at radius 3 is 2.55 bits per heavy atom. The summed E-state index contributed by atoms with van der Waals surface area (Å²) in [7, 11) is 0. The van der Waals surface area contributed by atoms with E-state index in [-0.39, 0.29) is 11.9 Å². The van der Waals surface area contributed by atoms with E-state index in [9.17, 15) is 9.18 Å². The van der Waals surface area contributed by atoms with E-state index < -0.39 is 11.2 Å². The summed E-state index contributed by atoms with van der Waals surface area (Å²) in [6.07, 6.45) is 13.8. The maximum atomic E-state index is 14.4. The summed E-state index contributed by atoms with van der Waals surface area (Å²) < 4.78 is 14.4. The summed E-state index contributed by atoms with van der Waals surface area (Å²) >= 11 is 0. The van der Waals surface area contributed by atoms with Crippen molar-refractivity contribution in [3.05, 3.63) is 95.3 Å². The van der Waals surface area contributed by atoms with Crippen molar-refractivity contribution in [3.8, 4) is 0 Å². The fraction of sp³-hybridized carbons (Fsp3) is 0.429. The quantitative estimate of drug-likeness (QED) is 0.211. The lowest BCUT2D eigenvalue weighted by molar-refractivity contribution is -0.123. The highest BCUT2D eigenvalue weighted by atomic mass is 19.1. The second kappa shape index (κ2) is 13.3. The second-order valence-electron chi connectivity index (χ2n) is 11.4. The molecule has 3 rings (SSSR count). The van der Waals surface area contributed by atoms with Crippen molar-refractivity contribution in [2.45, 2.75) is 92.0 Å². The molecule has 0 spiro atoms. The smallest absolute Gasteiger partial charge is 0.237 e. The van der Waals surface area contributed by atoms with Gasteiger partial charge < -0.3 is 10.2 Å². The SMILES string of the molecule is C=C/C(F)=C(\C=C/C)N/C(C)=C(C)/C(=C\C(=C)c1ccc2c(c1)N(C1CC(CCC)C1)C(=O)C2(C)C)N=CCC. The minimum absolute atomic E-state index is 0.186. The first kappa shape index (κ1) is 31.1. The van der Waals surface area contributed by atoms with Gasteiger partial charge in [-0.2, -0.15) is 0 Å². The lowest BCUT2D eigenvalue weighted by Crippen LogP contribution is -2.49. The number of amides is 1. The van der Waals surface area contributed by atoms with Gasteiger partial charge in [0.15, 0.2) is 0 Å². The number of aliphatic imine (C=N–C) groups is 1. The average Bonchev–Trinajstić information content (AvgIpc) is 3.11. The molecule has 0 saturated heterocycles. The van der Waals surface area contributed by atoms with Crippen molar-refractivity contribution < 1.29 is 9.18 Å². The van der Waals surface area contributed by atoms with E-state index in [1.54, 1.807) is 12.2 Å². The molecule has 5 heteroatoms. The number of halogens is 1. The summed E-state index contributed by atoms with van der Waals surface area (Å²) in [4.78, 5) is 20.3. The van der Waals surface area contributed by atoms with Crippen LogP contribution in [0.3, 0.4) is 0 Å². The Hall–Kier alpha value is -3.47. The molecule has 1 aromatic rings. The predicted octanol–water partition coefficient (Wildman–Crippen LogP) is 9.09. The third kappa shape index (κ3) is 6.46. The second-order valence-corrected chi connectivity index (χ2v) is 11.4. The summed E-state index contributed by atoms with van der Waals surface area (Å²) in [6, 6.07) is 6.52. The molecule has 1 amide bonds. The monoisotopic (exact) mass is 543 g/mol. The van der Waals surface area contributed by atoms with E-state index in [2.05, 4.69) is 48.5 Å². The first-order valence-electron chi connectivity index (χ1n) is 14.5. The summed E-state index contributed by atoms with van der Waals surface area (Å²) in [5, 5.41) is 3.17. The summed E-state index contributed by atoms with van der Waals surface area (Å²) in [5.41, 5.74) is 6.02. The molecule has 1 N–H and O–H groups in total. The molecule has 1 aliphatic carbocycles. The number of nitrogens with zero attached hydrogens (tertiary/aromatic N) is 2. The van der Waals surface area contributed by atoms with Crippen LogP contribution in [0.15, 0.2) is 89.1 Å². The van der Waals surface area contributed by atoms with Crippen molar-refractivity contribution in [1.29, 1.82) is 0 Å². The van der Waals surface area contributed by atoms with Crippen molar-refractivity contribution in [3.63, 3.8) is 0 Å². The van der Waals surface area contributed by atoms with Gasteiger partial charge in [0.25, 0.3) is 0 Å². The van der Waals surface area contributed by atoms with Crippen LogP contribution in [-0.2, 0) is 10.2 Å². The fourth-order valence-corrected chi connectivity index (χ4v) is 5.53. The van der Waals surface area contributed by atoms with Crippen molar-refractivity contribution in [2.24, 2.45) is 10.9 Å². The molecule has 0 atom stereocenters. The number of carbonyl (C=O) groups excluding carboxylic acids is 1. The number of nitrogens with one attached hydrogen (secondary N) is 1. The van der Waals surface area contributed by atoms with Crippen LogP contribution in [0, 0.1) is 5.92 Å². The highest BCUT2D eigenvalue weighted by Crippen LogP contribution is 2.48. The number of carbonyl (C=O) groups is 1. The Balaban J connectivity index is 1.98. The van der Waals surface area contributed by atoms with Crippen molar-refractivity contribution >= 4 is 23.4 Å². The number of fused-ring (bicyclic) bond motifs is 1. The standard InChI is InChI=1S/C35H46FN3O/c1-10-14-26-20-28(21-26)39-33-22-27(16-17-29(33)35(8,9)34(39)40)23(5)19-32(37-18-12-3)24(6)25(7)38-31(15-11-2)30(36)13-4/h11,13,15-19,22,26,28,38H,4-5,10,12,14,20-21H2,1-3,6-9H3/b15-11-,25-24+,31-30-,32-19+,37-18?. The minimum atomic E-state index is -0.543. The lowest BCUT2D eigenvalue weighted by atomic mass is 9.76. The summed E-state index contributed by atoms with van der Waals surface area (Å²) in [5.74, 6) is 0.473. The molecule has 214 valence electrons. The number of hydrogen-bond acceptors (Lipinski definition) is 3. The van der Waals surface area contributed by atoms with Crippen LogP contribution in [0.5, 0.6) is 0 Å². The first-order valence-corrected chi connectivity index (χ1v) is 14.5. The van der Waals surface area contributed by atoms with Crippen molar-refractivity contribution in [2.75, 3.05) is 4.90 Å². The number of anilines is 1. The number of rotatable bonds is 12. The van der Waals surface area contributed by atoms with Crippen LogP contribution in [0.1, 0.15) is 91.7 Å². The molecule has 1 saturated carbocycles. The van der Waals surface area contributed by atoms with E-state index in [1.165, 1.54) is 18.9 Å². The number of benzene rings is 1. The van der Waals surface area contributed by atoms with E-state index >= 15 is 0 Å². The van der Waals surface area contributed by atoms with Crippen molar-refractivity contribution in [1.82, 2.24) is 5.32 Å². The minimum Gasteiger partial charge on any atom is -0.356 e. The zero-order valence-corrected chi connectivity index (χ0v) is 25.4. The predicted molar refractivity (Wildman–Crippen MR) is 169 cm³/mol. The van der Waals surface area contributed by atoms with Gasteiger partial charge in [0.1, 0.15) is 5.83 Å². The topological polar surface area (TPSA) is 44.7 Å². The van der Waals surface area contributed by atoms with E-state index in [1.807, 2.05) is 53.8 Å². The van der Waals surface area contributed by atoms with Crippen LogP contribution in [0.4, 0.5) is 10.1 Å². The summed E-state index contributed by atoms with van der Waals surface area (Å²) in [6.45, 7) is 21.9. The average molecular weight is 544 g/mol. The molecule has 0 bridgehead atoms. The van der Waals surface area contributed by atoms with Gasteiger partial charge in [0.2, 0.25) is 5.91 Å². The number of allylic oxidation sites excluding steroid dienone is 8. The van der Waals surface area contributed by atoms with Gasteiger partial charge in [-0.25, -0.2) is 4.39 Å². The van der Waals surface area contributed by atoms with Gasteiger partial charge in [0, 0.05) is 23.6 Å². The highest BCUT2D eigenvalue weighted by Gasteiger charge is 2.49. The highest BCUT2D eigenvalue weighted by molar-refractivity contribution is 6.08. The molecule has 1 aromatic carbocycles. The molecule has 1 heterocycles. The molecule has 4 nitrogen and oxygen atoms in total. The van der Waals surface area contributed by atoms with Gasteiger partial charge >= 0.3 is 0 Å². The molecule has 40 heavy (non-hydrogen) atoms. The molecule has 0 unspecified atom stereocenters. The van der Waals surface area contributed by atoms with E-state index in [4.69, 9.17) is 4.99 Å². The van der Waals surface area contributed by atoms with Crippen LogP contribution >= 0.6 is 0 Å². The molecule has 0 aromatic heterocycles. The van der Waals surface area contributed by atoms with Crippen LogP contribution in [0.2, 0.25) is 0 Å². The Labute approximate surface area is 240 Å². The Morgan fingerprint density at radius 2 is 1.95 bits per heavy atom. The molecular formula is C35H46FN3O. The third-order valence-electron chi connectivity index (χ3n) is 8.09. The van der Waals surface area contributed by atoms with Gasteiger partial charge in [-0.1, -0.05) is 58.1 Å². The Kier molecular flexibility index (Phi) is 10.3. The normalized spacial score (nSPS) is 21.8. The molecular weight excluding hydrogens is 497 g/mol. The van der Waals surface area contributed by atoms with Gasteiger partial charge in [0.05, 0.1) is 16.8 Å². The molecule has 1 fully saturated rings. The molecule has 1 aliphatic heterocycles. The van der Waals surface area contributed by atoms with Gasteiger partial charge in [-0.3, -0.25) is 9.79 Å². The lowest BCUT2D eigenvalue weighted by Gasteiger charge is -2.42. The number of hydrogen-bond donors (Lipinski definition) is 1. The van der Waals surface area contributed by atoms with E-state index in [0.29, 0.717) is 11.6 Å². The van der Waals surface area contributed by atoms with Gasteiger partial charge in [-0.05, 0) is 106 Å². The third-order valence-corrected chi connectivity index (χ3v) is 8.09. The van der Waals surface area contributed by atoms with Crippen LogP contribution < -0.4 is 10.2 Å². The Morgan fingerprint density at radius 1 is 1.25 bits per heavy atom. The first-order chi connectivity index (χ1) is 19.0. The van der Waals surface area contributed by atoms with E-state index in [0.717, 1.165) is 58.6 Å². The molecule has 0 radical (unpaired) electrons. The largest absolute Gasteiger partial charge is 0.356 e. The molecule has 2 aliphatic rings. The maximum absolute atomic E-state index is 14.4. The zero-order chi connectivity index (χ0) is 29.6. The van der Waals surface area contributed by atoms with Gasteiger partial charge in [-0.15, -0.1) is 0 Å². The van der Waals surface area contributed by atoms with Crippen LogP contribution in [0.25, 0.3) is 5.57 Å². The zero-order valence-electron chi connectivity index (χ0n) is 25.4.